The zero-order valence-corrected chi connectivity index (χ0v) is 17.9. The lowest BCUT2D eigenvalue weighted by Gasteiger charge is -2.22. The average Bonchev–Trinajstić information content (AvgIpc) is 3.20. The Balaban J connectivity index is 1.73. The molecule has 0 aromatic heterocycles. The van der Waals surface area contributed by atoms with E-state index in [-0.39, 0.29) is 4.90 Å². The highest BCUT2D eigenvalue weighted by atomic mass is 35.5. The summed E-state index contributed by atoms with van der Waals surface area (Å²) in [5, 5.41) is 11.3. The molecule has 0 bridgehead atoms. The number of carboxylic acids is 1. The number of sulfonamides is 1. The summed E-state index contributed by atoms with van der Waals surface area (Å²) in [7, 11) is -3.84. The summed E-state index contributed by atoms with van der Waals surface area (Å²) in [6.45, 7) is 2.80. The van der Waals surface area contributed by atoms with Gasteiger partial charge in [0.25, 0.3) is 10.0 Å². The van der Waals surface area contributed by atoms with Crippen molar-refractivity contribution < 1.29 is 18.3 Å². The van der Waals surface area contributed by atoms with Crippen LogP contribution in [-0.4, -0.2) is 32.6 Å². The lowest BCUT2D eigenvalue weighted by atomic mass is 10.1. The first-order valence-corrected chi connectivity index (χ1v) is 11.4. The normalized spacial score (nSPS) is 16.7. The van der Waals surface area contributed by atoms with E-state index in [0.717, 1.165) is 16.5 Å². The van der Waals surface area contributed by atoms with Gasteiger partial charge in [0, 0.05) is 34.6 Å². The molecule has 4 rings (SSSR count). The molecule has 1 aliphatic heterocycles. The molecule has 1 atom stereocenters. The molecule has 0 aliphatic carbocycles. The van der Waals surface area contributed by atoms with Gasteiger partial charge >= 0.3 is 5.97 Å². The maximum absolute atomic E-state index is 13.0. The fraction of sp³-hybridized carbons (Fsp3) is 0.227. The van der Waals surface area contributed by atoms with Gasteiger partial charge in [-0.3, -0.25) is 9.52 Å². The molecule has 156 valence electrons. The summed E-state index contributed by atoms with van der Waals surface area (Å²) in [5.74, 6) is -1.18. The summed E-state index contributed by atoms with van der Waals surface area (Å²) < 4.78 is 28.8. The van der Waals surface area contributed by atoms with E-state index >= 15 is 0 Å². The number of hydrogen-bond donors (Lipinski definition) is 2. The van der Waals surface area contributed by atoms with E-state index in [4.69, 9.17) is 11.6 Å². The van der Waals surface area contributed by atoms with E-state index < -0.39 is 21.9 Å². The minimum Gasteiger partial charge on any atom is -0.481 e. The van der Waals surface area contributed by atoms with Crippen LogP contribution in [0.15, 0.2) is 59.5 Å². The fourth-order valence-corrected chi connectivity index (χ4v) is 5.48. The minimum atomic E-state index is -3.84. The number of fused-ring (bicyclic) bond motifs is 1. The third-order valence-corrected chi connectivity index (χ3v) is 7.21. The molecule has 30 heavy (non-hydrogen) atoms. The van der Waals surface area contributed by atoms with Gasteiger partial charge in [-0.1, -0.05) is 41.9 Å². The highest BCUT2D eigenvalue weighted by Gasteiger charge is 2.29. The molecule has 3 aromatic rings. The summed E-state index contributed by atoms with van der Waals surface area (Å²) in [5.41, 5.74) is 1.96. The number of carbonyl (C=O) groups is 1. The van der Waals surface area contributed by atoms with Crippen molar-refractivity contribution in [2.24, 2.45) is 5.92 Å². The number of rotatable bonds is 5. The van der Waals surface area contributed by atoms with Gasteiger partial charge in [-0.15, -0.1) is 0 Å². The summed E-state index contributed by atoms with van der Waals surface area (Å²) in [6.07, 6.45) is 0.589. The average molecular weight is 445 g/mol. The van der Waals surface area contributed by atoms with E-state index in [1.54, 1.807) is 25.1 Å². The second-order valence-corrected chi connectivity index (χ2v) is 9.55. The van der Waals surface area contributed by atoms with Crippen LogP contribution in [0.25, 0.3) is 10.8 Å². The predicted molar refractivity (Wildman–Crippen MR) is 119 cm³/mol. The third kappa shape index (κ3) is 3.82. The fourth-order valence-electron chi connectivity index (χ4n) is 3.89. The van der Waals surface area contributed by atoms with E-state index in [1.807, 2.05) is 35.2 Å². The lowest BCUT2D eigenvalue weighted by Crippen LogP contribution is -2.23. The van der Waals surface area contributed by atoms with Crippen LogP contribution in [0.3, 0.4) is 0 Å². The topological polar surface area (TPSA) is 86.7 Å². The van der Waals surface area contributed by atoms with Gasteiger partial charge in [0.15, 0.2) is 0 Å². The molecule has 2 N–H and O–H groups in total. The molecule has 0 amide bonds. The number of nitrogens with one attached hydrogen (secondary N) is 1. The molecule has 0 saturated carbocycles. The molecule has 8 heteroatoms. The maximum atomic E-state index is 13.0. The summed E-state index contributed by atoms with van der Waals surface area (Å²) >= 11 is 6.01. The van der Waals surface area contributed by atoms with Gasteiger partial charge in [0.2, 0.25) is 0 Å². The van der Waals surface area contributed by atoms with Gasteiger partial charge in [-0.25, -0.2) is 8.42 Å². The minimum absolute atomic E-state index is 0.131. The van der Waals surface area contributed by atoms with Crippen molar-refractivity contribution in [1.29, 1.82) is 0 Å². The second-order valence-electron chi connectivity index (χ2n) is 7.46. The van der Waals surface area contributed by atoms with Crippen molar-refractivity contribution in [2.75, 3.05) is 22.7 Å². The van der Waals surface area contributed by atoms with Gasteiger partial charge in [0.1, 0.15) is 0 Å². The Hall–Kier alpha value is -2.77. The molecule has 1 heterocycles. The highest BCUT2D eigenvalue weighted by molar-refractivity contribution is 7.92. The van der Waals surface area contributed by atoms with E-state index in [2.05, 4.69) is 4.72 Å². The van der Waals surface area contributed by atoms with Crippen LogP contribution in [0.2, 0.25) is 5.02 Å². The molecular weight excluding hydrogens is 424 g/mol. The largest absolute Gasteiger partial charge is 0.481 e. The number of halogens is 1. The SMILES string of the molecule is Cc1ccc(Cl)cc1S(=O)(=O)Nc1ccc(N2CC[C@@H](C(=O)O)C2)c2ccccc12. The number of nitrogens with zero attached hydrogens (tertiary/aromatic N) is 1. The Kier molecular flexibility index (Phi) is 5.34. The number of hydrogen-bond acceptors (Lipinski definition) is 4. The van der Waals surface area contributed by atoms with Crippen LogP contribution in [-0.2, 0) is 14.8 Å². The van der Waals surface area contributed by atoms with Crippen molar-refractivity contribution in [1.82, 2.24) is 0 Å². The van der Waals surface area contributed by atoms with Crippen molar-refractivity contribution in [3.05, 3.63) is 65.2 Å². The molecule has 0 radical (unpaired) electrons. The van der Waals surface area contributed by atoms with Crippen molar-refractivity contribution in [3.63, 3.8) is 0 Å². The van der Waals surface area contributed by atoms with E-state index in [1.165, 1.54) is 6.07 Å². The number of benzene rings is 3. The highest BCUT2D eigenvalue weighted by Crippen LogP contribution is 2.36. The zero-order valence-electron chi connectivity index (χ0n) is 16.3. The van der Waals surface area contributed by atoms with Crippen LogP contribution in [0.5, 0.6) is 0 Å². The van der Waals surface area contributed by atoms with Gasteiger partial charge in [-0.05, 0) is 43.2 Å². The number of anilines is 2. The first-order chi connectivity index (χ1) is 14.3. The number of aliphatic carboxylic acids is 1. The monoisotopic (exact) mass is 444 g/mol. The smallest absolute Gasteiger partial charge is 0.308 e. The zero-order chi connectivity index (χ0) is 21.5. The second kappa shape index (κ2) is 7.81. The molecule has 6 nitrogen and oxygen atoms in total. The predicted octanol–water partition coefficient (Wildman–Crippen LogP) is 4.51. The van der Waals surface area contributed by atoms with Crippen molar-refractivity contribution >= 4 is 49.7 Å². The molecule has 3 aromatic carbocycles. The Morgan fingerprint density at radius 2 is 1.87 bits per heavy atom. The third-order valence-electron chi connectivity index (χ3n) is 5.46. The number of aryl methyl sites for hydroxylation is 1. The first kappa shape index (κ1) is 20.5. The quantitative estimate of drug-likeness (QED) is 0.604. The van der Waals surface area contributed by atoms with Gasteiger partial charge < -0.3 is 10.0 Å². The van der Waals surface area contributed by atoms with Crippen LogP contribution in [0, 0.1) is 12.8 Å². The first-order valence-electron chi connectivity index (χ1n) is 9.55. The van der Waals surface area contributed by atoms with Crippen LogP contribution in [0.4, 0.5) is 11.4 Å². The van der Waals surface area contributed by atoms with Crippen LogP contribution in [0.1, 0.15) is 12.0 Å². The molecule has 1 saturated heterocycles. The van der Waals surface area contributed by atoms with Gasteiger partial charge in [0.05, 0.1) is 16.5 Å². The van der Waals surface area contributed by atoms with Crippen LogP contribution < -0.4 is 9.62 Å². The maximum Gasteiger partial charge on any atom is 0.308 e. The number of carboxylic acid groups (broad SMARTS) is 1. The lowest BCUT2D eigenvalue weighted by molar-refractivity contribution is -0.140. The summed E-state index contributed by atoms with van der Waals surface area (Å²) in [6, 6.07) is 15.8. The molecular formula is C22H21ClN2O4S. The van der Waals surface area contributed by atoms with E-state index in [0.29, 0.717) is 35.8 Å². The van der Waals surface area contributed by atoms with Crippen LogP contribution >= 0.6 is 11.6 Å². The molecule has 1 fully saturated rings. The van der Waals surface area contributed by atoms with Crippen molar-refractivity contribution in [2.45, 2.75) is 18.2 Å². The van der Waals surface area contributed by atoms with Gasteiger partial charge in [-0.2, -0.15) is 0 Å². The molecule has 0 spiro atoms. The van der Waals surface area contributed by atoms with E-state index in [9.17, 15) is 18.3 Å². The standard InChI is InChI=1S/C22H21ClN2O4S/c1-14-6-7-16(23)12-21(14)30(28,29)24-19-8-9-20(18-5-3-2-4-17(18)19)25-11-10-15(13-25)22(26)27/h2-9,12,15,24H,10-11,13H2,1H3,(H,26,27)/t15-/m1/s1. The molecule has 1 aliphatic rings. The Labute approximate surface area is 180 Å². The Morgan fingerprint density at radius 1 is 1.13 bits per heavy atom. The molecule has 0 unspecified atom stereocenters. The Bertz CT molecular complexity index is 1240. The summed E-state index contributed by atoms with van der Waals surface area (Å²) in [4.78, 5) is 13.5. The van der Waals surface area contributed by atoms with Crippen molar-refractivity contribution in [3.8, 4) is 0 Å². The Morgan fingerprint density at radius 3 is 2.57 bits per heavy atom.